The fourth-order valence-electron chi connectivity index (χ4n) is 1.92. The largest absolute Gasteiger partial charge is 0.495 e. The molecule has 3 aromatic rings. The number of rotatable bonds is 2. The molecule has 0 spiro atoms. The predicted octanol–water partition coefficient (Wildman–Crippen LogP) is 3.29. The smallest absolute Gasteiger partial charge is 0.137 e. The van der Waals surface area contributed by atoms with Gasteiger partial charge in [0.1, 0.15) is 23.0 Å². The topological polar surface area (TPSA) is 26.5 Å². The lowest BCUT2D eigenvalue weighted by Crippen LogP contribution is -1.86. The van der Waals surface area contributed by atoms with Gasteiger partial charge in [0.05, 0.1) is 19.0 Å². The number of imidazole rings is 1. The number of hydrogen-bond acceptors (Lipinski definition) is 2. The van der Waals surface area contributed by atoms with Gasteiger partial charge in [-0.3, -0.25) is 0 Å². The molecule has 0 radical (unpaired) electrons. The van der Waals surface area contributed by atoms with Gasteiger partial charge in [-0.2, -0.15) is 0 Å². The highest BCUT2D eigenvalue weighted by atomic mass is 19.1. The van der Waals surface area contributed by atoms with E-state index in [-0.39, 0.29) is 5.56 Å². The molecule has 0 N–H and O–H groups in total. The van der Waals surface area contributed by atoms with E-state index in [1.54, 1.807) is 36.0 Å². The molecular weight excluding hydrogens is 250 g/mol. The van der Waals surface area contributed by atoms with E-state index in [1.165, 1.54) is 12.1 Å². The van der Waals surface area contributed by atoms with Gasteiger partial charge in [0.2, 0.25) is 0 Å². The molecular formula is C14H10F2N2O. The van der Waals surface area contributed by atoms with E-state index < -0.39 is 11.6 Å². The molecule has 0 atom stereocenters. The molecule has 0 aliphatic carbocycles. The molecule has 0 saturated carbocycles. The molecule has 2 heterocycles. The van der Waals surface area contributed by atoms with E-state index in [9.17, 15) is 8.78 Å². The molecule has 0 unspecified atom stereocenters. The van der Waals surface area contributed by atoms with E-state index in [2.05, 4.69) is 4.98 Å². The van der Waals surface area contributed by atoms with Gasteiger partial charge in [0, 0.05) is 17.8 Å². The van der Waals surface area contributed by atoms with Gasteiger partial charge in [0.15, 0.2) is 0 Å². The van der Waals surface area contributed by atoms with Crippen LogP contribution in [0.5, 0.6) is 5.75 Å². The Hall–Kier alpha value is -2.43. The number of halogens is 2. The monoisotopic (exact) mass is 260 g/mol. The van der Waals surface area contributed by atoms with Crippen molar-refractivity contribution in [1.82, 2.24) is 9.38 Å². The molecule has 19 heavy (non-hydrogen) atoms. The lowest BCUT2D eigenvalue weighted by atomic mass is 10.1. The number of benzene rings is 1. The SMILES string of the molecule is COc1ccc2nc(-c3ccc(F)cc3F)cn2c1. The Morgan fingerprint density at radius 3 is 2.68 bits per heavy atom. The van der Waals surface area contributed by atoms with Crippen LogP contribution in [0.4, 0.5) is 8.78 Å². The number of methoxy groups -OCH3 is 1. The summed E-state index contributed by atoms with van der Waals surface area (Å²) in [7, 11) is 1.57. The first-order valence-electron chi connectivity index (χ1n) is 5.65. The van der Waals surface area contributed by atoms with Crippen LogP contribution in [0, 0.1) is 11.6 Å². The highest BCUT2D eigenvalue weighted by Crippen LogP contribution is 2.24. The zero-order chi connectivity index (χ0) is 13.4. The van der Waals surface area contributed by atoms with E-state index in [4.69, 9.17) is 4.74 Å². The molecule has 3 nitrogen and oxygen atoms in total. The minimum Gasteiger partial charge on any atom is -0.495 e. The first-order chi connectivity index (χ1) is 9.17. The van der Waals surface area contributed by atoms with Crippen LogP contribution in [0.1, 0.15) is 0 Å². The van der Waals surface area contributed by atoms with Crippen LogP contribution in [0.3, 0.4) is 0 Å². The number of hydrogen-bond donors (Lipinski definition) is 0. The van der Waals surface area contributed by atoms with Crippen LogP contribution in [-0.4, -0.2) is 16.5 Å². The number of pyridine rings is 1. The third-order valence-corrected chi connectivity index (χ3v) is 2.87. The summed E-state index contributed by atoms with van der Waals surface area (Å²) in [6, 6.07) is 6.98. The minimum atomic E-state index is -0.629. The van der Waals surface area contributed by atoms with Crippen molar-refractivity contribution in [2.45, 2.75) is 0 Å². The molecule has 0 aliphatic heterocycles. The number of aromatic nitrogens is 2. The lowest BCUT2D eigenvalue weighted by Gasteiger charge is -1.98. The summed E-state index contributed by atoms with van der Waals surface area (Å²) in [4.78, 5) is 4.29. The first-order valence-corrected chi connectivity index (χ1v) is 5.65. The summed E-state index contributed by atoms with van der Waals surface area (Å²) in [5.41, 5.74) is 1.38. The maximum Gasteiger partial charge on any atom is 0.137 e. The molecule has 0 amide bonds. The van der Waals surface area contributed by atoms with Crippen molar-refractivity contribution in [3.05, 3.63) is 54.4 Å². The standard InChI is InChI=1S/C14H10F2N2O/c1-19-10-3-5-14-17-13(8-18(14)7-10)11-4-2-9(15)6-12(11)16/h2-8H,1H3. The number of nitrogens with zero attached hydrogens (tertiary/aromatic N) is 2. The molecule has 5 heteroatoms. The quantitative estimate of drug-likeness (QED) is 0.706. The van der Waals surface area contributed by atoms with Crippen molar-refractivity contribution < 1.29 is 13.5 Å². The minimum absolute atomic E-state index is 0.268. The van der Waals surface area contributed by atoms with Gasteiger partial charge in [0.25, 0.3) is 0 Å². The first kappa shape index (κ1) is 11.6. The fraction of sp³-hybridized carbons (Fsp3) is 0.0714. The molecule has 0 fully saturated rings. The summed E-state index contributed by atoms with van der Waals surface area (Å²) in [5, 5.41) is 0. The number of ether oxygens (including phenoxy) is 1. The van der Waals surface area contributed by atoms with Gasteiger partial charge in [-0.15, -0.1) is 0 Å². The molecule has 96 valence electrons. The highest BCUT2D eigenvalue weighted by Gasteiger charge is 2.10. The summed E-state index contributed by atoms with van der Waals surface area (Å²) in [5.74, 6) is -0.557. The van der Waals surface area contributed by atoms with Crippen molar-refractivity contribution in [2.75, 3.05) is 7.11 Å². The summed E-state index contributed by atoms with van der Waals surface area (Å²) in [6.07, 6.45) is 3.42. The molecule has 1 aromatic carbocycles. The molecule has 0 saturated heterocycles. The molecule has 2 aromatic heterocycles. The van der Waals surface area contributed by atoms with Gasteiger partial charge in [-0.05, 0) is 24.3 Å². The zero-order valence-electron chi connectivity index (χ0n) is 10.1. The van der Waals surface area contributed by atoms with Crippen molar-refractivity contribution in [2.24, 2.45) is 0 Å². The Morgan fingerprint density at radius 2 is 1.95 bits per heavy atom. The van der Waals surface area contributed by atoms with Crippen LogP contribution in [0.15, 0.2) is 42.7 Å². The molecule has 3 rings (SSSR count). The van der Waals surface area contributed by atoms with E-state index in [0.717, 1.165) is 6.07 Å². The van der Waals surface area contributed by atoms with Crippen LogP contribution in [0.25, 0.3) is 16.9 Å². The number of fused-ring (bicyclic) bond motifs is 1. The Bertz CT molecular complexity index is 752. The predicted molar refractivity (Wildman–Crippen MR) is 67.1 cm³/mol. The van der Waals surface area contributed by atoms with E-state index in [1.807, 2.05) is 0 Å². The fourth-order valence-corrected chi connectivity index (χ4v) is 1.92. The maximum absolute atomic E-state index is 13.7. The summed E-state index contributed by atoms with van der Waals surface area (Å²) >= 11 is 0. The molecule has 0 aliphatic rings. The lowest BCUT2D eigenvalue weighted by molar-refractivity contribution is 0.412. The Balaban J connectivity index is 2.14. The van der Waals surface area contributed by atoms with Gasteiger partial charge in [-0.25, -0.2) is 13.8 Å². The van der Waals surface area contributed by atoms with Crippen molar-refractivity contribution >= 4 is 5.65 Å². The average Bonchev–Trinajstić information content (AvgIpc) is 2.80. The van der Waals surface area contributed by atoms with Crippen LogP contribution in [0.2, 0.25) is 0 Å². The average molecular weight is 260 g/mol. The van der Waals surface area contributed by atoms with Crippen molar-refractivity contribution in [1.29, 1.82) is 0 Å². The van der Waals surface area contributed by atoms with Gasteiger partial charge < -0.3 is 9.14 Å². The van der Waals surface area contributed by atoms with Crippen molar-refractivity contribution in [3.63, 3.8) is 0 Å². The van der Waals surface area contributed by atoms with Gasteiger partial charge in [-0.1, -0.05) is 0 Å². The van der Waals surface area contributed by atoms with Crippen LogP contribution in [-0.2, 0) is 0 Å². The third-order valence-electron chi connectivity index (χ3n) is 2.87. The zero-order valence-corrected chi connectivity index (χ0v) is 10.1. The third kappa shape index (κ3) is 2.03. The van der Waals surface area contributed by atoms with Crippen LogP contribution < -0.4 is 4.74 Å². The van der Waals surface area contributed by atoms with E-state index in [0.29, 0.717) is 17.1 Å². The maximum atomic E-state index is 13.7. The molecule has 0 bridgehead atoms. The second-order valence-electron chi connectivity index (χ2n) is 4.08. The Kier molecular flexibility index (Phi) is 2.67. The second-order valence-corrected chi connectivity index (χ2v) is 4.08. The summed E-state index contributed by atoms with van der Waals surface area (Å²) < 4.78 is 33.4. The highest BCUT2D eigenvalue weighted by molar-refractivity contribution is 5.63. The second kappa shape index (κ2) is 4.35. The van der Waals surface area contributed by atoms with Crippen molar-refractivity contribution in [3.8, 4) is 17.0 Å². The normalized spacial score (nSPS) is 10.9. The van der Waals surface area contributed by atoms with E-state index >= 15 is 0 Å². The van der Waals surface area contributed by atoms with Gasteiger partial charge >= 0.3 is 0 Å². The van der Waals surface area contributed by atoms with Crippen LogP contribution >= 0.6 is 0 Å². The Labute approximate surface area is 108 Å². The Morgan fingerprint density at radius 1 is 1.11 bits per heavy atom. The summed E-state index contributed by atoms with van der Waals surface area (Å²) in [6.45, 7) is 0.